The SMILES string of the molecule is O=C(O)c1cc(Cl)nnc1Nc1ccccc1. The monoisotopic (exact) mass is 249 g/mol. The Morgan fingerprint density at radius 3 is 2.59 bits per heavy atom. The number of nitrogens with one attached hydrogen (secondary N) is 1. The third-order valence-corrected chi connectivity index (χ3v) is 2.22. The van der Waals surface area contributed by atoms with E-state index in [1.54, 1.807) is 12.1 Å². The van der Waals surface area contributed by atoms with Crippen molar-refractivity contribution in [2.24, 2.45) is 0 Å². The number of carbonyl (C=O) groups is 1. The van der Waals surface area contributed by atoms with Crippen molar-refractivity contribution in [1.82, 2.24) is 10.2 Å². The highest BCUT2D eigenvalue weighted by atomic mass is 35.5. The van der Waals surface area contributed by atoms with E-state index in [4.69, 9.17) is 16.7 Å². The largest absolute Gasteiger partial charge is 0.478 e. The van der Waals surface area contributed by atoms with Crippen LogP contribution in [-0.2, 0) is 0 Å². The molecule has 0 amide bonds. The van der Waals surface area contributed by atoms with Crippen LogP contribution in [0.15, 0.2) is 36.4 Å². The molecule has 1 aromatic carbocycles. The van der Waals surface area contributed by atoms with Crippen molar-refractivity contribution in [3.63, 3.8) is 0 Å². The molecule has 6 heteroatoms. The van der Waals surface area contributed by atoms with E-state index in [0.29, 0.717) is 0 Å². The Labute approximate surface area is 102 Å². The van der Waals surface area contributed by atoms with Gasteiger partial charge in [-0.3, -0.25) is 0 Å². The van der Waals surface area contributed by atoms with Crippen LogP contribution in [0.3, 0.4) is 0 Å². The van der Waals surface area contributed by atoms with Gasteiger partial charge < -0.3 is 10.4 Å². The molecule has 0 saturated heterocycles. The van der Waals surface area contributed by atoms with Crippen molar-refractivity contribution in [1.29, 1.82) is 0 Å². The van der Waals surface area contributed by atoms with Crippen LogP contribution < -0.4 is 5.32 Å². The normalized spacial score (nSPS) is 9.94. The quantitative estimate of drug-likeness (QED) is 0.874. The molecule has 2 rings (SSSR count). The van der Waals surface area contributed by atoms with Crippen molar-refractivity contribution in [2.75, 3.05) is 5.32 Å². The molecule has 2 aromatic rings. The summed E-state index contributed by atoms with van der Waals surface area (Å²) in [5, 5.41) is 19.2. The van der Waals surface area contributed by atoms with Crippen molar-refractivity contribution in [3.8, 4) is 0 Å². The topological polar surface area (TPSA) is 75.1 Å². The minimum Gasteiger partial charge on any atom is -0.478 e. The summed E-state index contributed by atoms with van der Waals surface area (Å²) in [5.74, 6) is -0.951. The van der Waals surface area contributed by atoms with Crippen LogP contribution in [0.1, 0.15) is 10.4 Å². The molecule has 1 heterocycles. The predicted octanol–water partition coefficient (Wildman–Crippen LogP) is 2.57. The lowest BCUT2D eigenvalue weighted by atomic mass is 10.2. The van der Waals surface area contributed by atoms with Gasteiger partial charge in [0.05, 0.1) is 0 Å². The van der Waals surface area contributed by atoms with Crippen LogP contribution in [0.2, 0.25) is 5.15 Å². The van der Waals surface area contributed by atoms with E-state index in [1.165, 1.54) is 6.07 Å². The number of benzene rings is 1. The van der Waals surface area contributed by atoms with Crippen molar-refractivity contribution in [2.45, 2.75) is 0 Å². The Kier molecular flexibility index (Phi) is 3.20. The van der Waals surface area contributed by atoms with Crippen LogP contribution in [-0.4, -0.2) is 21.3 Å². The number of carboxylic acids is 1. The van der Waals surface area contributed by atoms with Gasteiger partial charge in [-0.2, -0.15) is 0 Å². The van der Waals surface area contributed by atoms with Crippen LogP contribution in [0.5, 0.6) is 0 Å². The maximum Gasteiger partial charge on any atom is 0.339 e. The highest BCUT2D eigenvalue weighted by molar-refractivity contribution is 6.29. The fourth-order valence-electron chi connectivity index (χ4n) is 1.28. The van der Waals surface area contributed by atoms with Gasteiger partial charge in [0.2, 0.25) is 0 Å². The molecular formula is C11H8ClN3O2. The molecule has 0 aliphatic carbocycles. The average molecular weight is 250 g/mol. The number of carboxylic acid groups (broad SMARTS) is 1. The number of hydrogen-bond donors (Lipinski definition) is 2. The molecule has 0 fully saturated rings. The van der Waals surface area contributed by atoms with Crippen LogP contribution in [0.25, 0.3) is 0 Å². The molecule has 0 aliphatic rings. The summed E-state index contributed by atoms with van der Waals surface area (Å²) in [6, 6.07) is 10.3. The minimum absolute atomic E-state index is 0.0196. The number of para-hydroxylation sites is 1. The van der Waals surface area contributed by atoms with Gasteiger partial charge in [-0.1, -0.05) is 29.8 Å². The second kappa shape index (κ2) is 4.80. The maximum atomic E-state index is 11.0. The Morgan fingerprint density at radius 2 is 1.94 bits per heavy atom. The van der Waals surface area contributed by atoms with E-state index in [9.17, 15) is 4.79 Å². The third kappa shape index (κ3) is 2.70. The molecular weight excluding hydrogens is 242 g/mol. The number of halogens is 1. The lowest BCUT2D eigenvalue weighted by Gasteiger charge is -2.07. The molecule has 17 heavy (non-hydrogen) atoms. The first-order valence-electron chi connectivity index (χ1n) is 4.75. The van der Waals surface area contributed by atoms with Gasteiger partial charge in [-0.05, 0) is 18.2 Å². The zero-order valence-electron chi connectivity index (χ0n) is 8.59. The average Bonchev–Trinajstić information content (AvgIpc) is 2.32. The highest BCUT2D eigenvalue weighted by Crippen LogP contribution is 2.19. The zero-order valence-corrected chi connectivity index (χ0v) is 9.35. The van der Waals surface area contributed by atoms with E-state index >= 15 is 0 Å². The number of aromatic carboxylic acids is 1. The van der Waals surface area contributed by atoms with Gasteiger partial charge in [-0.25, -0.2) is 4.79 Å². The van der Waals surface area contributed by atoms with Gasteiger partial charge >= 0.3 is 5.97 Å². The van der Waals surface area contributed by atoms with Gasteiger partial charge in [0.15, 0.2) is 11.0 Å². The van der Waals surface area contributed by atoms with Gasteiger partial charge in [-0.15, -0.1) is 10.2 Å². The minimum atomic E-state index is -1.11. The number of nitrogens with zero attached hydrogens (tertiary/aromatic N) is 2. The molecule has 86 valence electrons. The molecule has 2 N–H and O–H groups in total. The maximum absolute atomic E-state index is 11.0. The fourth-order valence-corrected chi connectivity index (χ4v) is 1.43. The fraction of sp³-hybridized carbons (Fsp3) is 0. The molecule has 0 radical (unpaired) electrons. The zero-order chi connectivity index (χ0) is 12.3. The lowest BCUT2D eigenvalue weighted by molar-refractivity contribution is 0.0697. The third-order valence-electron chi connectivity index (χ3n) is 2.03. The van der Waals surface area contributed by atoms with E-state index < -0.39 is 5.97 Å². The molecule has 0 unspecified atom stereocenters. The van der Waals surface area contributed by atoms with Gasteiger partial charge in [0.1, 0.15) is 5.56 Å². The van der Waals surface area contributed by atoms with Gasteiger partial charge in [0, 0.05) is 5.69 Å². The molecule has 1 aromatic heterocycles. The van der Waals surface area contributed by atoms with E-state index in [1.807, 2.05) is 18.2 Å². The smallest absolute Gasteiger partial charge is 0.339 e. The Morgan fingerprint density at radius 1 is 1.24 bits per heavy atom. The summed E-state index contributed by atoms with van der Waals surface area (Å²) in [6.07, 6.45) is 0. The Bertz CT molecular complexity index is 546. The second-order valence-corrected chi connectivity index (χ2v) is 3.61. The van der Waals surface area contributed by atoms with Gasteiger partial charge in [0.25, 0.3) is 0 Å². The van der Waals surface area contributed by atoms with E-state index in [0.717, 1.165) is 5.69 Å². The molecule has 0 saturated carbocycles. The first-order valence-corrected chi connectivity index (χ1v) is 5.13. The lowest BCUT2D eigenvalue weighted by Crippen LogP contribution is -2.06. The summed E-state index contributed by atoms with van der Waals surface area (Å²) >= 11 is 5.60. The summed E-state index contributed by atoms with van der Waals surface area (Å²) in [6.45, 7) is 0. The molecule has 0 atom stereocenters. The van der Waals surface area contributed by atoms with Crippen molar-refractivity contribution in [3.05, 3.63) is 47.1 Å². The van der Waals surface area contributed by atoms with E-state index in [-0.39, 0.29) is 16.5 Å². The summed E-state index contributed by atoms with van der Waals surface area (Å²) in [5.41, 5.74) is 0.709. The Balaban J connectivity index is 2.36. The number of rotatable bonds is 3. The van der Waals surface area contributed by atoms with E-state index in [2.05, 4.69) is 15.5 Å². The molecule has 0 spiro atoms. The second-order valence-electron chi connectivity index (χ2n) is 3.23. The molecule has 0 aliphatic heterocycles. The summed E-state index contributed by atoms with van der Waals surface area (Å²) < 4.78 is 0. The highest BCUT2D eigenvalue weighted by Gasteiger charge is 2.13. The van der Waals surface area contributed by atoms with Crippen LogP contribution in [0.4, 0.5) is 11.5 Å². The van der Waals surface area contributed by atoms with Crippen LogP contribution >= 0.6 is 11.6 Å². The summed E-state index contributed by atoms with van der Waals surface area (Å²) in [7, 11) is 0. The first kappa shape index (κ1) is 11.3. The van der Waals surface area contributed by atoms with Crippen molar-refractivity contribution < 1.29 is 9.90 Å². The number of hydrogen-bond acceptors (Lipinski definition) is 4. The summed E-state index contributed by atoms with van der Waals surface area (Å²) in [4.78, 5) is 11.0. The van der Waals surface area contributed by atoms with Crippen LogP contribution in [0, 0.1) is 0 Å². The Hall–Kier alpha value is -2.14. The predicted molar refractivity (Wildman–Crippen MR) is 63.7 cm³/mol. The number of anilines is 2. The van der Waals surface area contributed by atoms with Crippen molar-refractivity contribution >= 4 is 29.1 Å². The number of aromatic nitrogens is 2. The first-order chi connectivity index (χ1) is 8.16. The molecule has 0 bridgehead atoms. The standard InChI is InChI=1S/C11H8ClN3O2/c12-9-6-8(11(16)17)10(15-14-9)13-7-4-2-1-3-5-7/h1-6H,(H,13,15)(H,16,17). The molecule has 5 nitrogen and oxygen atoms in total.